The maximum absolute atomic E-state index is 13.2. The molecule has 3 aromatic carbocycles. The molecule has 0 aromatic heterocycles. The van der Waals surface area contributed by atoms with Crippen molar-refractivity contribution in [2.45, 2.75) is 19.9 Å². The van der Waals surface area contributed by atoms with E-state index in [0.717, 1.165) is 11.1 Å². The number of hydrogen-bond acceptors (Lipinski definition) is 7. The minimum absolute atomic E-state index is 0.106. The second-order valence-corrected chi connectivity index (χ2v) is 8.99. The van der Waals surface area contributed by atoms with Gasteiger partial charge in [-0.2, -0.15) is 32.1 Å². The Balaban J connectivity index is 1.65. The smallest absolute Gasteiger partial charge is 0.335 e. The summed E-state index contributed by atoms with van der Waals surface area (Å²) >= 11 is 1.53. The van der Waals surface area contributed by atoms with Gasteiger partial charge in [0.15, 0.2) is 11.8 Å². The first-order chi connectivity index (χ1) is 16.8. The molecule has 1 aliphatic heterocycles. The van der Waals surface area contributed by atoms with E-state index in [1.807, 2.05) is 38.3 Å². The second kappa shape index (κ2) is 10.1. The van der Waals surface area contributed by atoms with Gasteiger partial charge in [0.05, 0.1) is 17.0 Å². The van der Waals surface area contributed by atoms with Gasteiger partial charge in [-0.15, -0.1) is 0 Å². The van der Waals surface area contributed by atoms with Gasteiger partial charge in [-0.25, -0.2) is 4.79 Å². The molecule has 0 fully saturated rings. The maximum atomic E-state index is 13.2. The minimum atomic E-state index is -1.06. The third-order valence-corrected chi connectivity index (χ3v) is 6.31. The van der Waals surface area contributed by atoms with Gasteiger partial charge in [0, 0.05) is 11.3 Å². The van der Waals surface area contributed by atoms with Crippen LogP contribution in [-0.4, -0.2) is 45.9 Å². The van der Waals surface area contributed by atoms with Crippen LogP contribution in [0, 0.1) is 13.8 Å². The van der Waals surface area contributed by atoms with Gasteiger partial charge >= 0.3 is 5.97 Å². The Labute approximate surface area is 207 Å². The van der Waals surface area contributed by atoms with E-state index in [2.05, 4.69) is 15.3 Å². The molecule has 0 aliphatic carbocycles. The van der Waals surface area contributed by atoms with Gasteiger partial charge in [-0.3, -0.25) is 4.79 Å². The first kappa shape index (κ1) is 24.2. The Morgan fingerprint density at radius 3 is 2.57 bits per heavy atom. The second-order valence-electron chi connectivity index (χ2n) is 8.12. The van der Waals surface area contributed by atoms with Crippen molar-refractivity contribution in [2.24, 2.45) is 15.3 Å². The number of aromatic hydroxyl groups is 1. The Morgan fingerprint density at radius 2 is 1.86 bits per heavy atom. The Kier molecular flexibility index (Phi) is 6.97. The molecular weight excluding hydrogens is 464 g/mol. The zero-order chi connectivity index (χ0) is 25.1. The van der Waals surface area contributed by atoms with Crippen molar-refractivity contribution >= 4 is 40.7 Å². The molecule has 0 radical (unpaired) electrons. The molecule has 1 aliphatic rings. The first-order valence-corrected chi connectivity index (χ1v) is 12.2. The molecule has 35 heavy (non-hydrogen) atoms. The average Bonchev–Trinajstić information content (AvgIpc) is 3.15. The van der Waals surface area contributed by atoms with Crippen LogP contribution in [0.4, 0.5) is 11.4 Å². The van der Waals surface area contributed by atoms with Crippen molar-refractivity contribution in [1.82, 2.24) is 0 Å². The van der Waals surface area contributed by atoms with Gasteiger partial charge < -0.3 is 10.2 Å². The van der Waals surface area contributed by atoms with Crippen LogP contribution in [0.2, 0.25) is 0 Å². The number of carbonyl (C=O) groups is 2. The van der Waals surface area contributed by atoms with Gasteiger partial charge in [-0.05, 0) is 67.1 Å². The number of carboxylic acid groups (broad SMARTS) is 1. The number of phenolic OH excluding ortho intramolecular Hbond substituents is 1. The largest absolute Gasteiger partial charge is 0.505 e. The summed E-state index contributed by atoms with van der Waals surface area (Å²) in [5, 5.41) is 34.4. The monoisotopic (exact) mass is 488 g/mol. The molecule has 9 heteroatoms. The Hall–Kier alpha value is -3.98. The lowest BCUT2D eigenvalue weighted by molar-refractivity contribution is -0.117. The molecule has 1 unspecified atom stereocenters. The summed E-state index contributed by atoms with van der Waals surface area (Å²) in [6, 6.07) is 16.0. The molecule has 3 aromatic rings. The molecule has 1 amide bonds. The van der Waals surface area contributed by atoms with Crippen LogP contribution in [0.1, 0.15) is 21.5 Å². The van der Waals surface area contributed by atoms with Crippen LogP contribution in [0.15, 0.2) is 76.0 Å². The highest BCUT2D eigenvalue weighted by atomic mass is 32.2. The number of carbonyl (C=O) groups excluding carboxylic acids is 1. The first-order valence-electron chi connectivity index (χ1n) is 10.8. The van der Waals surface area contributed by atoms with Crippen LogP contribution < -0.4 is 5.01 Å². The number of carboxylic acids is 1. The van der Waals surface area contributed by atoms with Crippen LogP contribution in [0.3, 0.4) is 0 Å². The van der Waals surface area contributed by atoms with E-state index in [1.54, 1.807) is 30.3 Å². The number of para-hydroxylation sites is 1. The lowest BCUT2D eigenvalue weighted by Crippen LogP contribution is -2.31. The van der Waals surface area contributed by atoms with Crippen LogP contribution in [-0.2, 0) is 4.79 Å². The maximum Gasteiger partial charge on any atom is 0.335 e. The number of phenols is 1. The van der Waals surface area contributed by atoms with Crippen molar-refractivity contribution < 1.29 is 19.8 Å². The van der Waals surface area contributed by atoms with Crippen molar-refractivity contribution in [2.75, 3.05) is 17.0 Å². The molecule has 0 bridgehead atoms. The highest BCUT2D eigenvalue weighted by molar-refractivity contribution is 7.99. The molecule has 0 saturated heterocycles. The predicted molar refractivity (Wildman–Crippen MR) is 138 cm³/mol. The number of amides is 1. The summed E-state index contributed by atoms with van der Waals surface area (Å²) in [5.74, 6) is -1.02. The van der Waals surface area contributed by atoms with E-state index in [1.165, 1.54) is 28.9 Å². The lowest BCUT2D eigenvalue weighted by atomic mass is 10.0. The predicted octanol–water partition coefficient (Wildman–Crippen LogP) is 5.59. The van der Waals surface area contributed by atoms with E-state index >= 15 is 0 Å². The number of hydrazone groups is 1. The molecule has 2 N–H and O–H groups in total. The molecule has 4 rings (SSSR count). The fraction of sp³-hybridized carbons (Fsp3) is 0.192. The third kappa shape index (κ3) is 4.95. The summed E-state index contributed by atoms with van der Waals surface area (Å²) in [6.07, 6.45) is 1.92. The number of benzene rings is 3. The lowest BCUT2D eigenvalue weighted by Gasteiger charge is -2.14. The molecular formula is C26H24N4O4S. The Morgan fingerprint density at radius 1 is 1.09 bits per heavy atom. The molecule has 1 atom stereocenters. The SMILES string of the molecule is CSCC1=NN(c2ccc(C)c(C)c2)C(=O)C1N=Nc1cccc(-c2cccc(C(=O)O)c2)c1O. The van der Waals surface area contributed by atoms with Gasteiger partial charge in [0.25, 0.3) is 5.91 Å². The fourth-order valence-electron chi connectivity index (χ4n) is 3.69. The van der Waals surface area contributed by atoms with Gasteiger partial charge in [-0.1, -0.05) is 30.3 Å². The summed E-state index contributed by atoms with van der Waals surface area (Å²) in [4.78, 5) is 24.5. The van der Waals surface area contributed by atoms with E-state index in [4.69, 9.17) is 0 Å². The van der Waals surface area contributed by atoms with Crippen LogP contribution in [0.25, 0.3) is 11.1 Å². The number of hydrogen-bond donors (Lipinski definition) is 2. The summed E-state index contributed by atoms with van der Waals surface area (Å²) in [5.41, 5.74) is 4.63. The number of thioether (sulfide) groups is 1. The third-order valence-electron chi connectivity index (χ3n) is 5.73. The number of rotatable bonds is 7. The number of anilines is 1. The molecule has 0 saturated carbocycles. The van der Waals surface area contributed by atoms with Crippen molar-refractivity contribution in [3.8, 4) is 16.9 Å². The van der Waals surface area contributed by atoms with E-state index in [0.29, 0.717) is 28.3 Å². The summed E-state index contributed by atoms with van der Waals surface area (Å²) < 4.78 is 0. The van der Waals surface area contributed by atoms with E-state index < -0.39 is 12.0 Å². The van der Waals surface area contributed by atoms with Gasteiger partial charge in [0.2, 0.25) is 0 Å². The van der Waals surface area contributed by atoms with Crippen LogP contribution >= 0.6 is 11.8 Å². The van der Waals surface area contributed by atoms with Crippen molar-refractivity contribution in [1.29, 1.82) is 0 Å². The highest BCUT2D eigenvalue weighted by Crippen LogP contribution is 2.38. The number of nitrogens with zero attached hydrogens (tertiary/aromatic N) is 4. The zero-order valence-corrected chi connectivity index (χ0v) is 20.3. The molecule has 178 valence electrons. The summed E-state index contributed by atoms with van der Waals surface area (Å²) in [7, 11) is 0. The van der Waals surface area contributed by atoms with Gasteiger partial charge in [0.1, 0.15) is 5.69 Å². The molecule has 0 spiro atoms. The van der Waals surface area contributed by atoms with Crippen molar-refractivity contribution in [3.05, 3.63) is 77.4 Å². The average molecular weight is 489 g/mol. The Bertz CT molecular complexity index is 1370. The highest BCUT2D eigenvalue weighted by Gasteiger charge is 2.37. The molecule has 8 nitrogen and oxygen atoms in total. The number of aryl methyl sites for hydroxylation is 2. The standard InChI is InChI=1S/C26H24N4O4S/c1-15-10-11-19(12-16(15)2)30-25(32)23(22(29-30)14-35-3)28-27-21-9-5-8-20(24(21)31)17-6-4-7-18(13-17)26(33)34/h4-13,23,31H,14H2,1-3H3,(H,33,34). The zero-order valence-electron chi connectivity index (χ0n) is 19.5. The van der Waals surface area contributed by atoms with E-state index in [9.17, 15) is 19.8 Å². The molecule has 1 heterocycles. The quantitative estimate of drug-likeness (QED) is 0.421. The topological polar surface area (TPSA) is 115 Å². The minimum Gasteiger partial charge on any atom is -0.505 e. The summed E-state index contributed by atoms with van der Waals surface area (Å²) in [6.45, 7) is 3.98. The van der Waals surface area contributed by atoms with Crippen molar-refractivity contribution in [3.63, 3.8) is 0 Å². The van der Waals surface area contributed by atoms with E-state index in [-0.39, 0.29) is 22.9 Å². The normalized spacial score (nSPS) is 15.6. The number of aromatic carboxylic acids is 1. The fourth-order valence-corrected chi connectivity index (χ4v) is 4.20. The van der Waals surface area contributed by atoms with Crippen LogP contribution in [0.5, 0.6) is 5.75 Å². The number of azo groups is 1.